The first-order chi connectivity index (χ1) is 16.9. The van der Waals surface area contributed by atoms with Gasteiger partial charge in [0.15, 0.2) is 6.61 Å². The number of anilines is 2. The fourth-order valence-electron chi connectivity index (χ4n) is 3.32. The first-order valence-electron chi connectivity index (χ1n) is 10.6. The Morgan fingerprint density at radius 3 is 2.23 bits per heavy atom. The third-order valence-corrected chi connectivity index (χ3v) is 5.05. The van der Waals surface area contributed by atoms with Gasteiger partial charge in [-0.05, 0) is 60.2 Å². The van der Waals surface area contributed by atoms with Gasteiger partial charge in [-0.15, -0.1) is 0 Å². The van der Waals surface area contributed by atoms with Crippen molar-refractivity contribution in [3.8, 4) is 11.5 Å². The quantitative estimate of drug-likeness (QED) is 0.403. The summed E-state index contributed by atoms with van der Waals surface area (Å²) in [6.45, 7) is -0.207. The fraction of sp³-hybridized carbons (Fsp3) is 0.0769. The number of imide groups is 2. The van der Waals surface area contributed by atoms with Crippen LogP contribution in [0.4, 0.5) is 16.2 Å². The van der Waals surface area contributed by atoms with E-state index in [4.69, 9.17) is 9.47 Å². The standard InChI is InChI=1S/C26H21N3O6/c1-34-20-13-9-18(10-14-20)27-23(30)16-35-21-11-7-17(8-12-21)15-22-24(31)28-26(33)29(25(22)32)19-5-3-2-4-6-19/h2-15H,16H2,1H3,(H,27,30)(H,28,31,33)/b22-15-. The largest absolute Gasteiger partial charge is 0.497 e. The second-order valence-electron chi connectivity index (χ2n) is 7.43. The van der Waals surface area contributed by atoms with Gasteiger partial charge in [-0.1, -0.05) is 30.3 Å². The van der Waals surface area contributed by atoms with Gasteiger partial charge in [-0.25, -0.2) is 9.69 Å². The number of ether oxygens (including phenoxy) is 2. The number of carbonyl (C=O) groups excluding carboxylic acids is 4. The zero-order valence-electron chi connectivity index (χ0n) is 18.7. The Morgan fingerprint density at radius 2 is 1.57 bits per heavy atom. The number of methoxy groups -OCH3 is 1. The Bertz CT molecular complexity index is 1280. The summed E-state index contributed by atoms with van der Waals surface area (Å²) in [5.74, 6) is -0.724. The molecule has 1 saturated heterocycles. The normalized spacial score (nSPS) is 14.5. The SMILES string of the molecule is COc1ccc(NC(=O)COc2ccc(/C=C3/C(=O)NC(=O)N(c4ccccc4)C3=O)cc2)cc1. The molecule has 1 heterocycles. The zero-order chi connectivity index (χ0) is 24.8. The van der Waals surface area contributed by atoms with Crippen LogP contribution in [0.15, 0.2) is 84.4 Å². The van der Waals surface area contributed by atoms with E-state index in [9.17, 15) is 19.2 Å². The number of nitrogens with one attached hydrogen (secondary N) is 2. The molecule has 3 aromatic carbocycles. The van der Waals surface area contributed by atoms with Gasteiger partial charge in [-0.3, -0.25) is 19.7 Å². The minimum atomic E-state index is -0.806. The molecule has 176 valence electrons. The molecule has 0 aromatic heterocycles. The summed E-state index contributed by atoms with van der Waals surface area (Å²) in [7, 11) is 1.56. The lowest BCUT2D eigenvalue weighted by molar-refractivity contribution is -0.122. The van der Waals surface area contributed by atoms with Crippen molar-refractivity contribution in [2.45, 2.75) is 0 Å². The summed E-state index contributed by atoms with van der Waals surface area (Å²) < 4.78 is 10.6. The van der Waals surface area contributed by atoms with E-state index in [0.29, 0.717) is 28.4 Å². The highest BCUT2D eigenvalue weighted by Crippen LogP contribution is 2.22. The predicted octanol–water partition coefficient (Wildman–Crippen LogP) is 3.38. The average Bonchev–Trinajstić information content (AvgIpc) is 2.87. The highest BCUT2D eigenvalue weighted by Gasteiger charge is 2.36. The van der Waals surface area contributed by atoms with Crippen LogP contribution in [0.1, 0.15) is 5.56 Å². The lowest BCUT2D eigenvalue weighted by Gasteiger charge is -2.26. The maximum Gasteiger partial charge on any atom is 0.335 e. The molecule has 0 unspecified atom stereocenters. The Balaban J connectivity index is 1.40. The molecule has 9 nitrogen and oxygen atoms in total. The van der Waals surface area contributed by atoms with Crippen molar-refractivity contribution in [2.24, 2.45) is 0 Å². The van der Waals surface area contributed by atoms with Crippen LogP contribution in [0, 0.1) is 0 Å². The zero-order valence-corrected chi connectivity index (χ0v) is 18.7. The molecule has 1 fully saturated rings. The number of amides is 5. The number of hydrogen-bond donors (Lipinski definition) is 2. The van der Waals surface area contributed by atoms with Crippen LogP contribution in [-0.2, 0) is 14.4 Å². The molecule has 0 bridgehead atoms. The summed E-state index contributed by atoms with van der Waals surface area (Å²) in [6.07, 6.45) is 1.39. The summed E-state index contributed by atoms with van der Waals surface area (Å²) >= 11 is 0. The minimum absolute atomic E-state index is 0.180. The third kappa shape index (κ3) is 5.53. The summed E-state index contributed by atoms with van der Waals surface area (Å²) in [5.41, 5.74) is 1.33. The van der Waals surface area contributed by atoms with Crippen molar-refractivity contribution >= 4 is 41.2 Å². The van der Waals surface area contributed by atoms with Crippen LogP contribution >= 0.6 is 0 Å². The molecule has 5 amide bonds. The number of hydrogen-bond acceptors (Lipinski definition) is 6. The number of urea groups is 1. The van der Waals surface area contributed by atoms with E-state index < -0.39 is 17.8 Å². The summed E-state index contributed by atoms with van der Waals surface area (Å²) in [5, 5.41) is 4.90. The van der Waals surface area contributed by atoms with E-state index >= 15 is 0 Å². The number of para-hydroxylation sites is 1. The number of benzene rings is 3. The van der Waals surface area contributed by atoms with Crippen molar-refractivity contribution in [1.82, 2.24) is 5.32 Å². The smallest absolute Gasteiger partial charge is 0.335 e. The molecule has 35 heavy (non-hydrogen) atoms. The van der Waals surface area contributed by atoms with Crippen molar-refractivity contribution in [1.29, 1.82) is 0 Å². The monoisotopic (exact) mass is 471 g/mol. The Hall–Kier alpha value is -4.92. The maximum absolute atomic E-state index is 12.9. The van der Waals surface area contributed by atoms with E-state index in [1.807, 2.05) is 0 Å². The molecule has 2 N–H and O–H groups in total. The molecular weight excluding hydrogens is 450 g/mol. The molecule has 1 aliphatic heterocycles. The molecule has 0 radical (unpaired) electrons. The van der Waals surface area contributed by atoms with Gasteiger partial charge in [0.2, 0.25) is 0 Å². The molecule has 0 saturated carbocycles. The Morgan fingerprint density at radius 1 is 0.914 bits per heavy atom. The van der Waals surface area contributed by atoms with Gasteiger partial charge in [-0.2, -0.15) is 0 Å². The summed E-state index contributed by atoms with van der Waals surface area (Å²) in [4.78, 5) is 50.4. The molecule has 1 aliphatic rings. The maximum atomic E-state index is 12.9. The third-order valence-electron chi connectivity index (χ3n) is 5.05. The minimum Gasteiger partial charge on any atom is -0.497 e. The number of barbiturate groups is 1. The summed E-state index contributed by atoms with van der Waals surface area (Å²) in [6, 6.07) is 20.9. The van der Waals surface area contributed by atoms with Gasteiger partial charge in [0.05, 0.1) is 12.8 Å². The van der Waals surface area contributed by atoms with Crippen LogP contribution in [0.3, 0.4) is 0 Å². The van der Waals surface area contributed by atoms with Crippen LogP contribution in [-0.4, -0.2) is 37.5 Å². The van der Waals surface area contributed by atoms with Gasteiger partial charge < -0.3 is 14.8 Å². The lowest BCUT2D eigenvalue weighted by atomic mass is 10.1. The van der Waals surface area contributed by atoms with E-state index in [2.05, 4.69) is 10.6 Å². The van der Waals surface area contributed by atoms with Crippen molar-refractivity contribution in [3.05, 3.63) is 90.0 Å². The Labute approximate surface area is 201 Å². The van der Waals surface area contributed by atoms with Crippen LogP contribution < -0.4 is 25.0 Å². The van der Waals surface area contributed by atoms with Crippen molar-refractivity contribution < 1.29 is 28.7 Å². The van der Waals surface area contributed by atoms with Gasteiger partial charge in [0, 0.05) is 5.69 Å². The van der Waals surface area contributed by atoms with E-state index in [1.54, 1.807) is 86.0 Å². The molecule has 3 aromatic rings. The molecule has 0 aliphatic carbocycles. The molecular formula is C26H21N3O6. The number of carbonyl (C=O) groups is 4. The van der Waals surface area contributed by atoms with Gasteiger partial charge in [0.25, 0.3) is 17.7 Å². The topological polar surface area (TPSA) is 114 Å². The van der Waals surface area contributed by atoms with Crippen LogP contribution in [0.5, 0.6) is 11.5 Å². The first kappa shape index (κ1) is 23.2. The highest BCUT2D eigenvalue weighted by molar-refractivity contribution is 6.39. The van der Waals surface area contributed by atoms with Crippen LogP contribution in [0.25, 0.3) is 6.08 Å². The average molecular weight is 471 g/mol. The van der Waals surface area contributed by atoms with Gasteiger partial charge in [0.1, 0.15) is 17.1 Å². The number of rotatable bonds is 7. The molecule has 0 spiro atoms. The van der Waals surface area contributed by atoms with Crippen LogP contribution in [0.2, 0.25) is 0 Å². The predicted molar refractivity (Wildman–Crippen MR) is 129 cm³/mol. The van der Waals surface area contributed by atoms with E-state index in [1.165, 1.54) is 6.08 Å². The molecule has 4 rings (SSSR count). The van der Waals surface area contributed by atoms with Crippen molar-refractivity contribution in [3.63, 3.8) is 0 Å². The number of nitrogens with zero attached hydrogens (tertiary/aromatic N) is 1. The molecule has 0 atom stereocenters. The second-order valence-corrected chi connectivity index (χ2v) is 7.43. The van der Waals surface area contributed by atoms with E-state index in [-0.39, 0.29) is 18.1 Å². The first-order valence-corrected chi connectivity index (χ1v) is 10.6. The highest BCUT2D eigenvalue weighted by atomic mass is 16.5. The lowest BCUT2D eigenvalue weighted by Crippen LogP contribution is -2.54. The Kier molecular flexibility index (Phi) is 6.87. The second kappa shape index (κ2) is 10.3. The molecule has 9 heteroatoms. The van der Waals surface area contributed by atoms with Crippen molar-refractivity contribution in [2.75, 3.05) is 23.9 Å². The fourth-order valence-corrected chi connectivity index (χ4v) is 3.32. The van der Waals surface area contributed by atoms with Gasteiger partial charge >= 0.3 is 6.03 Å². The van der Waals surface area contributed by atoms with E-state index in [0.717, 1.165) is 4.90 Å².